The molecule has 2 aromatic rings. The molecular formula is C16H24N2O. The summed E-state index contributed by atoms with van der Waals surface area (Å²) in [5.41, 5.74) is 2.49. The Morgan fingerprint density at radius 2 is 2.16 bits per heavy atom. The Morgan fingerprint density at radius 3 is 2.84 bits per heavy atom. The van der Waals surface area contributed by atoms with Gasteiger partial charge in [0.15, 0.2) is 0 Å². The van der Waals surface area contributed by atoms with Gasteiger partial charge >= 0.3 is 0 Å². The third kappa shape index (κ3) is 2.92. The van der Waals surface area contributed by atoms with E-state index in [0.717, 1.165) is 24.2 Å². The zero-order valence-corrected chi connectivity index (χ0v) is 12.4. The summed E-state index contributed by atoms with van der Waals surface area (Å²) in [6.45, 7) is 5.58. The second-order valence-corrected chi connectivity index (χ2v) is 5.18. The minimum atomic E-state index is 0.632. The van der Waals surface area contributed by atoms with Crippen molar-refractivity contribution in [3.05, 3.63) is 30.0 Å². The molecule has 0 saturated heterocycles. The molecule has 1 aromatic heterocycles. The molecule has 0 fully saturated rings. The molecule has 1 aromatic carbocycles. The normalized spacial score (nSPS) is 13.1. The number of hydrogen-bond acceptors (Lipinski definition) is 2. The van der Waals surface area contributed by atoms with Gasteiger partial charge in [-0.3, -0.25) is 0 Å². The molecule has 104 valence electrons. The lowest BCUT2D eigenvalue weighted by Gasteiger charge is -2.23. The number of nitrogens with zero attached hydrogens (tertiary/aromatic N) is 1. The summed E-state index contributed by atoms with van der Waals surface area (Å²) < 4.78 is 5.47. The number of methoxy groups -OCH3 is 1. The van der Waals surface area contributed by atoms with Crippen LogP contribution in [0.1, 0.15) is 25.8 Å². The van der Waals surface area contributed by atoms with Crippen molar-refractivity contribution in [3.8, 4) is 5.75 Å². The Hall–Kier alpha value is -1.48. The van der Waals surface area contributed by atoms with Crippen molar-refractivity contribution in [1.82, 2.24) is 9.88 Å². The van der Waals surface area contributed by atoms with Crippen LogP contribution in [-0.2, 0) is 6.42 Å². The third-order valence-corrected chi connectivity index (χ3v) is 4.05. The van der Waals surface area contributed by atoms with Crippen LogP contribution in [0.15, 0.2) is 24.4 Å². The maximum Gasteiger partial charge on any atom is 0.128 e. The standard InChI is InChI=1S/C16H24N2O/c1-5-12(2)18(3)10-9-13-11-17-14-7-6-8-15(19-4)16(13)14/h6-8,11-12,17H,5,9-10H2,1-4H3. The molecule has 1 unspecified atom stereocenters. The molecule has 1 atom stereocenters. The first-order chi connectivity index (χ1) is 9.17. The largest absolute Gasteiger partial charge is 0.496 e. The van der Waals surface area contributed by atoms with Crippen molar-refractivity contribution in [3.63, 3.8) is 0 Å². The number of benzene rings is 1. The van der Waals surface area contributed by atoms with E-state index in [-0.39, 0.29) is 0 Å². The van der Waals surface area contributed by atoms with E-state index < -0.39 is 0 Å². The van der Waals surface area contributed by atoms with Gasteiger partial charge < -0.3 is 14.6 Å². The van der Waals surface area contributed by atoms with E-state index in [9.17, 15) is 0 Å². The van der Waals surface area contributed by atoms with Crippen LogP contribution >= 0.6 is 0 Å². The van der Waals surface area contributed by atoms with Gasteiger partial charge in [0.05, 0.1) is 7.11 Å². The second kappa shape index (κ2) is 6.11. The fourth-order valence-electron chi connectivity index (χ4n) is 2.42. The lowest BCUT2D eigenvalue weighted by Crippen LogP contribution is -2.30. The summed E-state index contributed by atoms with van der Waals surface area (Å²) >= 11 is 0. The number of ether oxygens (including phenoxy) is 1. The van der Waals surface area contributed by atoms with Gasteiger partial charge in [-0.1, -0.05) is 13.0 Å². The molecule has 0 bridgehead atoms. The lowest BCUT2D eigenvalue weighted by atomic mass is 10.1. The summed E-state index contributed by atoms with van der Waals surface area (Å²) in [5, 5.41) is 1.22. The van der Waals surface area contributed by atoms with E-state index in [4.69, 9.17) is 4.74 Å². The number of nitrogens with one attached hydrogen (secondary N) is 1. The first-order valence-corrected chi connectivity index (χ1v) is 7.00. The van der Waals surface area contributed by atoms with Crippen molar-refractivity contribution in [2.45, 2.75) is 32.7 Å². The molecule has 1 N–H and O–H groups in total. The summed E-state index contributed by atoms with van der Waals surface area (Å²) in [7, 11) is 3.93. The van der Waals surface area contributed by atoms with Crippen LogP contribution in [0, 0.1) is 0 Å². The minimum Gasteiger partial charge on any atom is -0.496 e. The third-order valence-electron chi connectivity index (χ3n) is 4.05. The van der Waals surface area contributed by atoms with E-state index >= 15 is 0 Å². The number of likely N-dealkylation sites (N-methyl/N-ethyl adjacent to an activating group) is 1. The summed E-state index contributed by atoms with van der Waals surface area (Å²) in [5.74, 6) is 0.958. The first-order valence-electron chi connectivity index (χ1n) is 7.00. The number of fused-ring (bicyclic) bond motifs is 1. The predicted molar refractivity (Wildman–Crippen MR) is 80.9 cm³/mol. The first kappa shape index (κ1) is 13.9. The predicted octanol–water partition coefficient (Wildman–Crippen LogP) is 3.45. The average Bonchev–Trinajstić information content (AvgIpc) is 2.86. The van der Waals surface area contributed by atoms with Gasteiger partial charge in [-0.2, -0.15) is 0 Å². The Labute approximate surface area is 115 Å². The van der Waals surface area contributed by atoms with Crippen LogP contribution in [0.5, 0.6) is 5.75 Å². The van der Waals surface area contributed by atoms with Gasteiger partial charge in [-0.15, -0.1) is 0 Å². The van der Waals surface area contributed by atoms with Gasteiger partial charge in [0.25, 0.3) is 0 Å². The van der Waals surface area contributed by atoms with Crippen molar-refractivity contribution < 1.29 is 4.74 Å². The fraction of sp³-hybridized carbons (Fsp3) is 0.500. The number of H-pyrrole nitrogens is 1. The van der Waals surface area contributed by atoms with Crippen molar-refractivity contribution in [2.24, 2.45) is 0 Å². The van der Waals surface area contributed by atoms with Crippen molar-refractivity contribution >= 4 is 10.9 Å². The smallest absolute Gasteiger partial charge is 0.128 e. The van der Waals surface area contributed by atoms with Crippen LogP contribution in [0.3, 0.4) is 0 Å². The number of aromatic amines is 1. The van der Waals surface area contributed by atoms with E-state index in [0.29, 0.717) is 6.04 Å². The fourth-order valence-corrected chi connectivity index (χ4v) is 2.42. The van der Waals surface area contributed by atoms with E-state index in [2.05, 4.69) is 43.0 Å². The molecule has 2 rings (SSSR count). The molecule has 0 radical (unpaired) electrons. The molecule has 0 aliphatic rings. The van der Waals surface area contributed by atoms with Crippen LogP contribution in [0.2, 0.25) is 0 Å². The Bertz CT molecular complexity index is 533. The highest BCUT2D eigenvalue weighted by atomic mass is 16.5. The van der Waals surface area contributed by atoms with E-state index in [1.807, 2.05) is 12.1 Å². The zero-order chi connectivity index (χ0) is 13.8. The Morgan fingerprint density at radius 1 is 1.37 bits per heavy atom. The van der Waals surface area contributed by atoms with E-state index in [1.165, 1.54) is 17.4 Å². The molecule has 0 spiro atoms. The quantitative estimate of drug-likeness (QED) is 0.861. The Balaban J connectivity index is 2.17. The molecule has 0 saturated carbocycles. The molecule has 19 heavy (non-hydrogen) atoms. The zero-order valence-electron chi connectivity index (χ0n) is 12.4. The minimum absolute atomic E-state index is 0.632. The lowest BCUT2D eigenvalue weighted by molar-refractivity contribution is 0.255. The second-order valence-electron chi connectivity index (χ2n) is 5.18. The summed E-state index contributed by atoms with van der Waals surface area (Å²) in [6, 6.07) is 6.77. The average molecular weight is 260 g/mol. The highest BCUT2D eigenvalue weighted by Gasteiger charge is 2.11. The number of hydrogen-bond donors (Lipinski definition) is 1. The van der Waals surface area contributed by atoms with E-state index in [1.54, 1.807) is 7.11 Å². The highest BCUT2D eigenvalue weighted by Crippen LogP contribution is 2.28. The van der Waals surface area contributed by atoms with Gasteiger partial charge in [0.2, 0.25) is 0 Å². The highest BCUT2D eigenvalue weighted by molar-refractivity contribution is 5.89. The van der Waals surface area contributed by atoms with Gasteiger partial charge in [0.1, 0.15) is 5.75 Å². The molecular weight excluding hydrogens is 236 g/mol. The monoisotopic (exact) mass is 260 g/mol. The van der Waals surface area contributed by atoms with Gasteiger partial charge in [0, 0.05) is 29.7 Å². The van der Waals surface area contributed by atoms with Crippen LogP contribution in [0.25, 0.3) is 10.9 Å². The molecule has 0 aliphatic heterocycles. The van der Waals surface area contributed by atoms with Crippen LogP contribution < -0.4 is 4.74 Å². The number of rotatable bonds is 6. The molecule has 1 heterocycles. The molecule has 3 heteroatoms. The summed E-state index contributed by atoms with van der Waals surface area (Å²) in [4.78, 5) is 5.74. The van der Waals surface area contributed by atoms with Crippen LogP contribution in [-0.4, -0.2) is 36.6 Å². The van der Waals surface area contributed by atoms with Crippen molar-refractivity contribution in [1.29, 1.82) is 0 Å². The summed E-state index contributed by atoms with van der Waals surface area (Å²) in [6.07, 6.45) is 4.34. The molecule has 0 amide bonds. The SMILES string of the molecule is CCC(C)N(C)CCc1c[nH]c2cccc(OC)c12. The Kier molecular flexibility index (Phi) is 4.48. The molecule has 3 nitrogen and oxygen atoms in total. The van der Waals surface area contributed by atoms with Crippen LogP contribution in [0.4, 0.5) is 0 Å². The maximum absolute atomic E-state index is 5.47. The maximum atomic E-state index is 5.47. The number of aromatic nitrogens is 1. The van der Waals surface area contributed by atoms with Gasteiger partial charge in [-0.25, -0.2) is 0 Å². The van der Waals surface area contributed by atoms with Gasteiger partial charge in [-0.05, 0) is 44.5 Å². The molecule has 0 aliphatic carbocycles. The van der Waals surface area contributed by atoms with Crippen molar-refractivity contribution in [2.75, 3.05) is 20.7 Å². The topological polar surface area (TPSA) is 28.3 Å².